The van der Waals surface area contributed by atoms with Gasteiger partial charge >= 0.3 is 0 Å². The SMILES string of the molecule is COCCNCc1cc(C)c(OCC2CCC2)c(C)c1. The Hall–Kier alpha value is -1.06. The van der Waals surface area contributed by atoms with Crippen molar-refractivity contribution in [2.24, 2.45) is 5.92 Å². The van der Waals surface area contributed by atoms with Crippen LogP contribution >= 0.6 is 0 Å². The second-order valence-electron chi connectivity index (χ2n) is 5.84. The minimum absolute atomic E-state index is 0.751. The number of aryl methyl sites for hydroxylation is 2. The van der Waals surface area contributed by atoms with Crippen LogP contribution in [0.2, 0.25) is 0 Å². The summed E-state index contributed by atoms with van der Waals surface area (Å²) in [5, 5.41) is 3.38. The van der Waals surface area contributed by atoms with Crippen molar-refractivity contribution in [3.8, 4) is 5.75 Å². The first-order valence-electron chi connectivity index (χ1n) is 7.63. The van der Waals surface area contributed by atoms with E-state index in [9.17, 15) is 0 Å². The number of methoxy groups -OCH3 is 1. The lowest BCUT2D eigenvalue weighted by molar-refractivity contribution is 0.179. The average Bonchev–Trinajstić information content (AvgIpc) is 2.36. The second-order valence-corrected chi connectivity index (χ2v) is 5.84. The van der Waals surface area contributed by atoms with Crippen molar-refractivity contribution < 1.29 is 9.47 Å². The summed E-state index contributed by atoms with van der Waals surface area (Å²) >= 11 is 0. The summed E-state index contributed by atoms with van der Waals surface area (Å²) in [7, 11) is 1.73. The van der Waals surface area contributed by atoms with Crippen LogP contribution in [0.15, 0.2) is 12.1 Å². The molecule has 1 aliphatic carbocycles. The topological polar surface area (TPSA) is 30.5 Å². The molecule has 3 nitrogen and oxygen atoms in total. The zero-order valence-corrected chi connectivity index (χ0v) is 13.0. The molecule has 0 bridgehead atoms. The van der Waals surface area contributed by atoms with Crippen LogP contribution in [-0.4, -0.2) is 26.9 Å². The van der Waals surface area contributed by atoms with Crippen LogP contribution < -0.4 is 10.1 Å². The van der Waals surface area contributed by atoms with E-state index in [1.165, 1.54) is 36.0 Å². The zero-order chi connectivity index (χ0) is 14.4. The van der Waals surface area contributed by atoms with Crippen LogP contribution in [0.1, 0.15) is 36.0 Å². The van der Waals surface area contributed by atoms with E-state index in [4.69, 9.17) is 9.47 Å². The first kappa shape index (κ1) is 15.3. The Balaban J connectivity index is 1.89. The summed E-state index contributed by atoms with van der Waals surface area (Å²) in [4.78, 5) is 0. The highest BCUT2D eigenvalue weighted by Gasteiger charge is 2.18. The first-order valence-corrected chi connectivity index (χ1v) is 7.63. The molecule has 20 heavy (non-hydrogen) atoms. The molecule has 0 atom stereocenters. The molecule has 0 aliphatic heterocycles. The van der Waals surface area contributed by atoms with Gasteiger partial charge in [-0.25, -0.2) is 0 Å². The Kier molecular flexibility index (Phi) is 5.86. The van der Waals surface area contributed by atoms with Crippen molar-refractivity contribution in [2.75, 3.05) is 26.9 Å². The van der Waals surface area contributed by atoms with Crippen LogP contribution in [0.5, 0.6) is 5.75 Å². The molecule has 1 aromatic carbocycles. The lowest BCUT2D eigenvalue weighted by Crippen LogP contribution is -2.20. The fourth-order valence-corrected chi connectivity index (χ4v) is 2.64. The van der Waals surface area contributed by atoms with Crippen molar-refractivity contribution in [2.45, 2.75) is 39.7 Å². The first-order chi connectivity index (χ1) is 9.70. The summed E-state index contributed by atoms with van der Waals surface area (Å²) in [5.41, 5.74) is 3.80. The van der Waals surface area contributed by atoms with E-state index in [0.717, 1.165) is 38.0 Å². The molecule has 1 saturated carbocycles. The van der Waals surface area contributed by atoms with Gasteiger partial charge in [0.05, 0.1) is 13.2 Å². The average molecular weight is 277 g/mol. The summed E-state index contributed by atoms with van der Waals surface area (Å²) in [6.07, 6.45) is 4.04. The Morgan fingerprint density at radius 2 is 1.90 bits per heavy atom. The van der Waals surface area contributed by atoms with Gasteiger partial charge in [0.2, 0.25) is 0 Å². The van der Waals surface area contributed by atoms with Crippen molar-refractivity contribution >= 4 is 0 Å². The lowest BCUT2D eigenvalue weighted by atomic mass is 9.86. The number of hydrogen-bond acceptors (Lipinski definition) is 3. The molecule has 2 rings (SSSR count). The standard InChI is InChI=1S/C17H27NO2/c1-13-9-16(11-18-7-8-19-3)10-14(2)17(13)20-12-15-5-4-6-15/h9-10,15,18H,4-8,11-12H2,1-3H3. The van der Waals surface area contributed by atoms with Crippen LogP contribution in [0.25, 0.3) is 0 Å². The van der Waals surface area contributed by atoms with Gasteiger partial charge in [-0.2, -0.15) is 0 Å². The predicted molar refractivity (Wildman–Crippen MR) is 82.3 cm³/mol. The van der Waals surface area contributed by atoms with Gasteiger partial charge in [-0.3, -0.25) is 0 Å². The number of benzene rings is 1. The maximum absolute atomic E-state index is 6.03. The summed E-state index contributed by atoms with van der Waals surface area (Å²) < 4.78 is 11.1. The molecule has 0 saturated heterocycles. The maximum Gasteiger partial charge on any atom is 0.125 e. The Morgan fingerprint density at radius 1 is 1.20 bits per heavy atom. The molecule has 1 fully saturated rings. The van der Waals surface area contributed by atoms with E-state index in [2.05, 4.69) is 31.3 Å². The second kappa shape index (κ2) is 7.65. The molecule has 0 aromatic heterocycles. The summed E-state index contributed by atoms with van der Waals surface area (Å²) in [6, 6.07) is 4.45. The molecule has 1 aliphatic rings. The van der Waals surface area contributed by atoms with E-state index in [1.807, 2.05) is 0 Å². The fraction of sp³-hybridized carbons (Fsp3) is 0.647. The largest absolute Gasteiger partial charge is 0.493 e. The van der Waals surface area contributed by atoms with Crippen molar-refractivity contribution in [3.63, 3.8) is 0 Å². The zero-order valence-electron chi connectivity index (χ0n) is 13.0. The van der Waals surface area contributed by atoms with Gasteiger partial charge in [-0.1, -0.05) is 18.6 Å². The normalized spacial score (nSPS) is 15.2. The van der Waals surface area contributed by atoms with Gasteiger partial charge in [-0.15, -0.1) is 0 Å². The third kappa shape index (κ3) is 4.22. The van der Waals surface area contributed by atoms with Gasteiger partial charge in [0.15, 0.2) is 0 Å². The molecule has 0 amide bonds. The summed E-state index contributed by atoms with van der Waals surface area (Å²) in [6.45, 7) is 7.68. The minimum Gasteiger partial charge on any atom is -0.493 e. The highest BCUT2D eigenvalue weighted by molar-refractivity contribution is 5.43. The Bertz CT molecular complexity index is 404. The predicted octanol–water partition coefficient (Wildman–Crippen LogP) is 3.22. The molecule has 0 heterocycles. The van der Waals surface area contributed by atoms with Crippen molar-refractivity contribution in [3.05, 3.63) is 28.8 Å². The fourth-order valence-electron chi connectivity index (χ4n) is 2.64. The molecular weight excluding hydrogens is 250 g/mol. The quantitative estimate of drug-likeness (QED) is 0.740. The molecule has 3 heteroatoms. The molecular formula is C17H27NO2. The maximum atomic E-state index is 6.03. The van der Waals surface area contributed by atoms with Gasteiger partial charge < -0.3 is 14.8 Å². The Morgan fingerprint density at radius 3 is 2.45 bits per heavy atom. The monoisotopic (exact) mass is 277 g/mol. The van der Waals surface area contributed by atoms with Gasteiger partial charge in [-0.05, 0) is 49.3 Å². The van der Waals surface area contributed by atoms with E-state index in [-0.39, 0.29) is 0 Å². The molecule has 112 valence electrons. The van der Waals surface area contributed by atoms with E-state index >= 15 is 0 Å². The van der Waals surface area contributed by atoms with Gasteiger partial charge in [0, 0.05) is 20.2 Å². The Labute approximate surface area is 122 Å². The lowest BCUT2D eigenvalue weighted by Gasteiger charge is -2.26. The number of nitrogens with one attached hydrogen (secondary N) is 1. The molecule has 0 spiro atoms. The third-order valence-corrected chi connectivity index (χ3v) is 4.02. The highest BCUT2D eigenvalue weighted by Crippen LogP contribution is 2.30. The van der Waals surface area contributed by atoms with E-state index < -0.39 is 0 Å². The molecule has 0 radical (unpaired) electrons. The van der Waals surface area contributed by atoms with E-state index in [1.54, 1.807) is 7.11 Å². The molecule has 0 unspecified atom stereocenters. The molecule has 1 N–H and O–H groups in total. The van der Waals surface area contributed by atoms with Crippen LogP contribution in [0, 0.1) is 19.8 Å². The van der Waals surface area contributed by atoms with Crippen LogP contribution in [-0.2, 0) is 11.3 Å². The smallest absolute Gasteiger partial charge is 0.125 e. The van der Waals surface area contributed by atoms with Crippen LogP contribution in [0.3, 0.4) is 0 Å². The van der Waals surface area contributed by atoms with Crippen molar-refractivity contribution in [1.82, 2.24) is 5.32 Å². The highest BCUT2D eigenvalue weighted by atomic mass is 16.5. The van der Waals surface area contributed by atoms with Gasteiger partial charge in [0.25, 0.3) is 0 Å². The van der Waals surface area contributed by atoms with Crippen LogP contribution in [0.4, 0.5) is 0 Å². The molecule has 1 aromatic rings. The number of rotatable bonds is 8. The minimum atomic E-state index is 0.751. The third-order valence-electron chi connectivity index (χ3n) is 4.02. The van der Waals surface area contributed by atoms with Crippen molar-refractivity contribution in [1.29, 1.82) is 0 Å². The van der Waals surface area contributed by atoms with E-state index in [0.29, 0.717) is 0 Å². The number of ether oxygens (including phenoxy) is 2. The van der Waals surface area contributed by atoms with Gasteiger partial charge in [0.1, 0.15) is 5.75 Å². The number of hydrogen-bond donors (Lipinski definition) is 1. The summed E-state index contributed by atoms with van der Waals surface area (Å²) in [5.74, 6) is 1.86.